The molecule has 1 aromatic carbocycles. The van der Waals surface area contributed by atoms with E-state index in [-0.39, 0.29) is 12.5 Å². The number of aromatic nitrogens is 7. The van der Waals surface area contributed by atoms with Gasteiger partial charge in [0.2, 0.25) is 5.89 Å². The van der Waals surface area contributed by atoms with Crippen LogP contribution in [0.2, 0.25) is 0 Å². The third-order valence-corrected chi connectivity index (χ3v) is 5.18. The minimum Gasteiger partial charge on any atom is -0.378 e. The highest BCUT2D eigenvalue weighted by Gasteiger charge is 2.28. The second-order valence-corrected chi connectivity index (χ2v) is 7.53. The van der Waals surface area contributed by atoms with Gasteiger partial charge in [0.1, 0.15) is 12.0 Å². The molecule has 32 heavy (non-hydrogen) atoms. The van der Waals surface area contributed by atoms with Gasteiger partial charge in [0.15, 0.2) is 17.5 Å². The van der Waals surface area contributed by atoms with Crippen LogP contribution in [0.15, 0.2) is 47.4 Å². The van der Waals surface area contributed by atoms with Gasteiger partial charge in [0, 0.05) is 30.4 Å². The second-order valence-electron chi connectivity index (χ2n) is 7.53. The summed E-state index contributed by atoms with van der Waals surface area (Å²) in [6.45, 7) is 0.631. The topological polar surface area (TPSA) is 137 Å². The van der Waals surface area contributed by atoms with Crippen molar-refractivity contribution in [2.75, 3.05) is 5.32 Å². The van der Waals surface area contributed by atoms with Crippen LogP contribution >= 0.6 is 0 Å². The Labute approximate surface area is 183 Å². The minimum absolute atomic E-state index is 0.195. The standard InChI is InChI=1S/C21H21N9O2/c1-30-17(27-28-20(30)16-7-8-22-12-25-16)10-23-15-4-2-3-14(9-15)21(31)24-11-18-26-19(29-32-18)13-5-6-13/h2-4,7-9,12-13,23H,5-6,10-11H2,1H3,(H,24,31). The predicted molar refractivity (Wildman–Crippen MR) is 113 cm³/mol. The molecule has 0 spiro atoms. The smallest absolute Gasteiger partial charge is 0.251 e. The van der Waals surface area contributed by atoms with Gasteiger partial charge in [-0.05, 0) is 37.1 Å². The van der Waals surface area contributed by atoms with Crippen LogP contribution in [-0.4, -0.2) is 40.8 Å². The summed E-state index contributed by atoms with van der Waals surface area (Å²) in [5.41, 5.74) is 2.01. The summed E-state index contributed by atoms with van der Waals surface area (Å²) in [5.74, 6) is 2.73. The van der Waals surface area contributed by atoms with E-state index in [4.69, 9.17) is 4.52 Å². The SMILES string of the molecule is Cn1c(CNc2cccc(C(=O)NCc3nc(C4CC4)no3)c2)nnc1-c1ccncn1. The molecule has 1 saturated carbocycles. The van der Waals surface area contributed by atoms with Crippen molar-refractivity contribution in [2.45, 2.75) is 31.8 Å². The largest absolute Gasteiger partial charge is 0.378 e. The Morgan fingerprint density at radius 2 is 2.12 bits per heavy atom. The van der Waals surface area contributed by atoms with Gasteiger partial charge in [-0.25, -0.2) is 9.97 Å². The van der Waals surface area contributed by atoms with Crippen molar-refractivity contribution in [1.29, 1.82) is 0 Å². The van der Waals surface area contributed by atoms with Crippen LogP contribution in [0.25, 0.3) is 11.5 Å². The van der Waals surface area contributed by atoms with E-state index >= 15 is 0 Å². The number of anilines is 1. The Hall–Kier alpha value is -4.15. The maximum atomic E-state index is 12.5. The lowest BCUT2D eigenvalue weighted by atomic mass is 10.2. The van der Waals surface area contributed by atoms with Crippen molar-refractivity contribution in [3.8, 4) is 11.5 Å². The first-order valence-electron chi connectivity index (χ1n) is 10.3. The quantitative estimate of drug-likeness (QED) is 0.429. The molecule has 1 aliphatic carbocycles. The van der Waals surface area contributed by atoms with Crippen LogP contribution in [0.1, 0.15) is 46.7 Å². The summed E-state index contributed by atoms with van der Waals surface area (Å²) in [6, 6.07) is 9.01. The Balaban J connectivity index is 1.19. The number of hydrogen-bond acceptors (Lipinski definition) is 9. The lowest BCUT2D eigenvalue weighted by Gasteiger charge is -2.09. The maximum Gasteiger partial charge on any atom is 0.251 e. The molecule has 0 atom stereocenters. The summed E-state index contributed by atoms with van der Waals surface area (Å²) in [7, 11) is 1.88. The highest BCUT2D eigenvalue weighted by Crippen LogP contribution is 2.38. The summed E-state index contributed by atoms with van der Waals surface area (Å²) in [5, 5.41) is 18.5. The van der Waals surface area contributed by atoms with E-state index in [1.165, 1.54) is 6.33 Å². The van der Waals surface area contributed by atoms with Crippen molar-refractivity contribution >= 4 is 11.6 Å². The molecule has 1 aliphatic rings. The summed E-state index contributed by atoms with van der Waals surface area (Å²) in [6.07, 6.45) is 5.34. The lowest BCUT2D eigenvalue weighted by Crippen LogP contribution is -2.23. The van der Waals surface area contributed by atoms with Crippen LogP contribution in [-0.2, 0) is 20.1 Å². The second kappa shape index (κ2) is 8.53. The van der Waals surface area contributed by atoms with Gasteiger partial charge in [-0.1, -0.05) is 11.2 Å². The zero-order chi connectivity index (χ0) is 21.9. The molecule has 3 aromatic heterocycles. The third kappa shape index (κ3) is 4.31. The Morgan fingerprint density at radius 1 is 1.22 bits per heavy atom. The zero-order valence-electron chi connectivity index (χ0n) is 17.4. The minimum atomic E-state index is -0.218. The number of nitrogens with one attached hydrogen (secondary N) is 2. The van der Waals surface area contributed by atoms with Crippen molar-refractivity contribution in [3.05, 3.63) is 66.0 Å². The van der Waals surface area contributed by atoms with Gasteiger partial charge >= 0.3 is 0 Å². The first-order chi connectivity index (χ1) is 15.7. The van der Waals surface area contributed by atoms with E-state index in [9.17, 15) is 4.79 Å². The summed E-state index contributed by atoms with van der Waals surface area (Å²) in [4.78, 5) is 25.0. The number of hydrogen-bond donors (Lipinski definition) is 2. The fourth-order valence-electron chi connectivity index (χ4n) is 3.22. The summed E-state index contributed by atoms with van der Waals surface area (Å²) >= 11 is 0. The van der Waals surface area contributed by atoms with Crippen LogP contribution in [0.3, 0.4) is 0 Å². The van der Waals surface area contributed by atoms with Gasteiger partial charge in [-0.3, -0.25) is 4.79 Å². The van der Waals surface area contributed by atoms with Crippen LogP contribution in [0.5, 0.6) is 0 Å². The normalized spacial score (nSPS) is 13.2. The molecular formula is C21H21N9O2. The molecule has 1 amide bonds. The predicted octanol–water partition coefficient (Wildman–Crippen LogP) is 2.07. The molecule has 0 radical (unpaired) electrons. The van der Waals surface area contributed by atoms with E-state index in [1.54, 1.807) is 24.4 Å². The lowest BCUT2D eigenvalue weighted by molar-refractivity contribution is 0.0946. The number of carbonyl (C=O) groups excluding carboxylic acids is 1. The fraction of sp³-hybridized carbons (Fsp3) is 0.286. The molecule has 2 N–H and O–H groups in total. The average molecular weight is 431 g/mol. The fourth-order valence-corrected chi connectivity index (χ4v) is 3.22. The van der Waals surface area contributed by atoms with Gasteiger partial charge in [0.05, 0.1) is 13.1 Å². The van der Waals surface area contributed by atoms with Gasteiger partial charge in [-0.2, -0.15) is 4.98 Å². The highest BCUT2D eigenvalue weighted by molar-refractivity contribution is 5.95. The molecule has 0 unspecified atom stereocenters. The number of nitrogens with zero attached hydrogens (tertiary/aromatic N) is 7. The zero-order valence-corrected chi connectivity index (χ0v) is 17.4. The first kappa shape index (κ1) is 19.8. The monoisotopic (exact) mass is 431 g/mol. The first-order valence-corrected chi connectivity index (χ1v) is 10.3. The van der Waals surface area contributed by atoms with Crippen molar-refractivity contribution in [1.82, 2.24) is 40.2 Å². The number of carbonyl (C=O) groups is 1. The van der Waals surface area contributed by atoms with E-state index < -0.39 is 0 Å². The van der Waals surface area contributed by atoms with Crippen LogP contribution < -0.4 is 10.6 Å². The van der Waals surface area contributed by atoms with E-state index in [2.05, 4.69) is 40.9 Å². The molecule has 4 aromatic rings. The van der Waals surface area contributed by atoms with E-state index in [0.29, 0.717) is 35.4 Å². The molecule has 11 nitrogen and oxygen atoms in total. The molecule has 11 heteroatoms. The Morgan fingerprint density at radius 3 is 2.94 bits per heavy atom. The highest BCUT2D eigenvalue weighted by atomic mass is 16.5. The molecule has 1 fully saturated rings. The number of rotatable bonds is 8. The molecule has 0 saturated heterocycles. The molecule has 0 bridgehead atoms. The molecule has 3 heterocycles. The molecule has 5 rings (SSSR count). The third-order valence-electron chi connectivity index (χ3n) is 5.18. The Kier molecular flexibility index (Phi) is 5.28. The van der Waals surface area contributed by atoms with Gasteiger partial charge < -0.3 is 19.7 Å². The van der Waals surface area contributed by atoms with Gasteiger partial charge in [-0.15, -0.1) is 10.2 Å². The number of amides is 1. The van der Waals surface area contributed by atoms with Crippen molar-refractivity contribution in [3.63, 3.8) is 0 Å². The van der Waals surface area contributed by atoms with Crippen LogP contribution in [0, 0.1) is 0 Å². The molecule has 0 aliphatic heterocycles. The summed E-state index contributed by atoms with van der Waals surface area (Å²) < 4.78 is 7.06. The molecular weight excluding hydrogens is 410 g/mol. The van der Waals surface area contributed by atoms with E-state index in [1.807, 2.05) is 23.7 Å². The maximum absolute atomic E-state index is 12.5. The van der Waals surface area contributed by atoms with E-state index in [0.717, 1.165) is 30.2 Å². The van der Waals surface area contributed by atoms with Crippen molar-refractivity contribution in [2.24, 2.45) is 7.05 Å². The van der Waals surface area contributed by atoms with Gasteiger partial charge in [0.25, 0.3) is 5.91 Å². The van der Waals surface area contributed by atoms with Crippen LogP contribution in [0.4, 0.5) is 5.69 Å². The Bertz CT molecular complexity index is 1230. The average Bonchev–Trinajstić information content (AvgIpc) is 3.46. The number of benzene rings is 1. The van der Waals surface area contributed by atoms with Crippen molar-refractivity contribution < 1.29 is 9.32 Å². The molecule has 162 valence electrons.